The van der Waals surface area contributed by atoms with Crippen LogP contribution in [-0.2, 0) is 0 Å². The monoisotopic (exact) mass is 650 g/mol. The Morgan fingerprint density at radius 1 is 0.314 bits per heavy atom. The molecular formula is C48H30N2O. The molecule has 0 aliphatic heterocycles. The maximum absolute atomic E-state index is 6.42. The van der Waals surface area contributed by atoms with Gasteiger partial charge in [0.2, 0.25) is 0 Å². The van der Waals surface area contributed by atoms with Crippen LogP contribution >= 0.6 is 0 Å². The van der Waals surface area contributed by atoms with Gasteiger partial charge in [-0.2, -0.15) is 0 Å². The molecule has 0 N–H and O–H groups in total. The molecule has 3 aromatic heterocycles. The predicted octanol–water partition coefficient (Wildman–Crippen LogP) is 13.1. The fraction of sp³-hybridized carbons (Fsp3) is 0. The van der Waals surface area contributed by atoms with Gasteiger partial charge in [-0.15, -0.1) is 0 Å². The number of fused-ring (bicyclic) bond motifs is 10. The predicted molar refractivity (Wildman–Crippen MR) is 213 cm³/mol. The fourth-order valence-electron chi connectivity index (χ4n) is 8.23. The highest BCUT2D eigenvalue weighted by Gasteiger charge is 2.22. The largest absolute Gasteiger partial charge is 0.456 e. The number of hydrogen-bond donors (Lipinski definition) is 0. The topological polar surface area (TPSA) is 23.0 Å². The number of benzene rings is 8. The summed E-state index contributed by atoms with van der Waals surface area (Å²) in [6.07, 6.45) is 0. The molecule has 0 saturated heterocycles. The first-order chi connectivity index (χ1) is 25.3. The van der Waals surface area contributed by atoms with Crippen molar-refractivity contribution in [2.24, 2.45) is 0 Å². The number of nitrogens with zero attached hydrogens (tertiary/aromatic N) is 2. The Morgan fingerprint density at radius 2 is 0.902 bits per heavy atom. The molecule has 3 nitrogen and oxygen atoms in total. The Kier molecular flexibility index (Phi) is 5.96. The first-order valence-corrected chi connectivity index (χ1v) is 17.4. The van der Waals surface area contributed by atoms with Crippen molar-refractivity contribution >= 4 is 65.6 Å². The second-order valence-corrected chi connectivity index (χ2v) is 13.3. The quantitative estimate of drug-likeness (QED) is 0.186. The molecule has 11 aromatic rings. The molecule has 0 unspecified atom stereocenters. The molecule has 0 amide bonds. The summed E-state index contributed by atoms with van der Waals surface area (Å²) in [5.41, 5.74) is 13.5. The van der Waals surface area contributed by atoms with Crippen molar-refractivity contribution < 1.29 is 4.42 Å². The van der Waals surface area contributed by atoms with Gasteiger partial charge in [-0.1, -0.05) is 115 Å². The van der Waals surface area contributed by atoms with Gasteiger partial charge >= 0.3 is 0 Å². The van der Waals surface area contributed by atoms with Crippen molar-refractivity contribution in [1.29, 1.82) is 0 Å². The van der Waals surface area contributed by atoms with E-state index in [0.717, 1.165) is 38.8 Å². The van der Waals surface area contributed by atoms with E-state index < -0.39 is 0 Å². The highest BCUT2D eigenvalue weighted by Crippen LogP contribution is 2.44. The molecule has 0 fully saturated rings. The van der Waals surface area contributed by atoms with Crippen LogP contribution in [0.4, 0.5) is 0 Å². The van der Waals surface area contributed by atoms with Crippen LogP contribution in [0.2, 0.25) is 0 Å². The minimum atomic E-state index is 0.898. The Bertz CT molecular complexity index is 3050. The Hall–Kier alpha value is -6.84. The van der Waals surface area contributed by atoms with Crippen molar-refractivity contribution in [2.75, 3.05) is 0 Å². The maximum Gasteiger partial charge on any atom is 0.137 e. The van der Waals surface area contributed by atoms with Gasteiger partial charge < -0.3 is 13.6 Å². The van der Waals surface area contributed by atoms with Gasteiger partial charge in [-0.05, 0) is 89.0 Å². The van der Waals surface area contributed by atoms with Gasteiger partial charge in [0.05, 0.1) is 27.5 Å². The van der Waals surface area contributed by atoms with Gasteiger partial charge in [0.15, 0.2) is 0 Å². The lowest BCUT2D eigenvalue weighted by atomic mass is 9.98. The van der Waals surface area contributed by atoms with Crippen LogP contribution in [0, 0.1) is 0 Å². The molecular weight excluding hydrogens is 621 g/mol. The number of hydrogen-bond acceptors (Lipinski definition) is 1. The molecule has 0 spiro atoms. The van der Waals surface area contributed by atoms with Crippen LogP contribution in [0.25, 0.3) is 99.2 Å². The van der Waals surface area contributed by atoms with Crippen LogP contribution in [0.1, 0.15) is 0 Å². The number of para-hydroxylation sites is 3. The highest BCUT2D eigenvalue weighted by molar-refractivity contribution is 6.27. The third-order valence-electron chi connectivity index (χ3n) is 10.5. The lowest BCUT2D eigenvalue weighted by Gasteiger charge is -2.14. The van der Waals surface area contributed by atoms with E-state index in [-0.39, 0.29) is 0 Å². The molecule has 3 heterocycles. The van der Waals surface area contributed by atoms with E-state index in [0.29, 0.717) is 0 Å². The zero-order chi connectivity index (χ0) is 33.5. The second-order valence-electron chi connectivity index (χ2n) is 13.3. The molecule has 51 heavy (non-hydrogen) atoms. The normalized spacial score (nSPS) is 11.9. The van der Waals surface area contributed by atoms with Crippen molar-refractivity contribution in [3.05, 3.63) is 182 Å². The van der Waals surface area contributed by atoms with Crippen molar-refractivity contribution in [3.8, 4) is 33.6 Å². The molecule has 0 bridgehead atoms. The summed E-state index contributed by atoms with van der Waals surface area (Å²) in [7, 11) is 0. The van der Waals surface area contributed by atoms with Crippen LogP contribution < -0.4 is 0 Å². The van der Waals surface area contributed by atoms with E-state index in [4.69, 9.17) is 4.42 Å². The Labute approximate surface area is 293 Å². The average Bonchev–Trinajstić information content (AvgIpc) is 3.85. The highest BCUT2D eigenvalue weighted by atomic mass is 16.3. The van der Waals surface area contributed by atoms with Crippen LogP contribution in [-0.4, -0.2) is 9.13 Å². The molecule has 0 saturated carbocycles. The summed E-state index contributed by atoms with van der Waals surface area (Å²) < 4.78 is 11.3. The molecule has 0 aliphatic rings. The Balaban J connectivity index is 1.29. The van der Waals surface area contributed by atoms with Gasteiger partial charge in [0, 0.05) is 38.3 Å². The summed E-state index contributed by atoms with van der Waals surface area (Å²) >= 11 is 0. The van der Waals surface area contributed by atoms with Gasteiger partial charge in [0.1, 0.15) is 11.2 Å². The summed E-state index contributed by atoms with van der Waals surface area (Å²) in [5, 5.41) is 7.17. The number of aromatic nitrogens is 2. The lowest BCUT2D eigenvalue weighted by molar-refractivity contribution is 0.669. The van der Waals surface area contributed by atoms with Gasteiger partial charge in [-0.3, -0.25) is 0 Å². The summed E-state index contributed by atoms with van der Waals surface area (Å²) in [4.78, 5) is 0. The SMILES string of the molecule is c1ccc(-c2cc(-c3ccccc3)cc(-n3c4ccccc4c4cc5c6ccc7oc8ccccc8c7c6n(-c6ccccc6)c5cc43)c2)cc1. The smallest absolute Gasteiger partial charge is 0.137 e. The van der Waals surface area contributed by atoms with E-state index in [1.54, 1.807) is 0 Å². The van der Waals surface area contributed by atoms with E-state index in [1.807, 2.05) is 6.07 Å². The zero-order valence-corrected chi connectivity index (χ0v) is 27.6. The van der Waals surface area contributed by atoms with Crippen molar-refractivity contribution in [1.82, 2.24) is 9.13 Å². The third kappa shape index (κ3) is 4.19. The van der Waals surface area contributed by atoms with E-state index in [2.05, 4.69) is 185 Å². The molecule has 0 aliphatic carbocycles. The third-order valence-corrected chi connectivity index (χ3v) is 10.5. The van der Waals surface area contributed by atoms with E-state index in [1.165, 1.54) is 60.3 Å². The summed E-state index contributed by atoms with van der Waals surface area (Å²) in [6.45, 7) is 0. The molecule has 8 aromatic carbocycles. The van der Waals surface area contributed by atoms with Crippen molar-refractivity contribution in [3.63, 3.8) is 0 Å². The van der Waals surface area contributed by atoms with Crippen LogP contribution in [0.15, 0.2) is 186 Å². The fourth-order valence-corrected chi connectivity index (χ4v) is 8.23. The summed E-state index contributed by atoms with van der Waals surface area (Å²) in [6, 6.07) is 65.5. The Morgan fingerprint density at radius 3 is 1.63 bits per heavy atom. The molecule has 238 valence electrons. The first-order valence-electron chi connectivity index (χ1n) is 17.4. The summed E-state index contributed by atoms with van der Waals surface area (Å²) in [5.74, 6) is 0. The number of rotatable bonds is 4. The minimum Gasteiger partial charge on any atom is -0.456 e. The standard InChI is InChI=1S/C48H30N2O/c1-4-14-31(15-5-1)33-26-34(32-16-6-2-7-17-32)28-36(27-33)49-42-22-12-10-20-37(42)40-29-41-38-24-25-46-47(39-21-11-13-23-45(39)51-46)48(38)50(44(41)30-43(40)49)35-18-8-3-9-19-35/h1-30H. The van der Waals surface area contributed by atoms with Gasteiger partial charge in [-0.25, -0.2) is 0 Å². The van der Waals surface area contributed by atoms with Crippen molar-refractivity contribution in [2.45, 2.75) is 0 Å². The van der Waals surface area contributed by atoms with Crippen LogP contribution in [0.3, 0.4) is 0 Å². The maximum atomic E-state index is 6.42. The zero-order valence-electron chi connectivity index (χ0n) is 27.6. The van der Waals surface area contributed by atoms with Gasteiger partial charge in [0.25, 0.3) is 0 Å². The molecule has 3 heteroatoms. The molecule has 0 radical (unpaired) electrons. The van der Waals surface area contributed by atoms with E-state index >= 15 is 0 Å². The van der Waals surface area contributed by atoms with E-state index in [9.17, 15) is 0 Å². The molecule has 0 atom stereocenters. The van der Waals surface area contributed by atoms with Crippen LogP contribution in [0.5, 0.6) is 0 Å². The second kappa shape index (κ2) is 10.8. The lowest BCUT2D eigenvalue weighted by Crippen LogP contribution is -1.97. The molecule has 11 rings (SSSR count). The minimum absolute atomic E-state index is 0.898. The number of furan rings is 1. The first kappa shape index (κ1) is 28.0. The average molecular weight is 651 g/mol.